The number of amides is 2. The van der Waals surface area contributed by atoms with E-state index in [0.29, 0.717) is 25.1 Å². The van der Waals surface area contributed by atoms with Crippen LogP contribution in [-0.4, -0.2) is 24.9 Å². The molecule has 1 aromatic heterocycles. The fraction of sp³-hybridized carbons (Fsp3) is 0.600. The third-order valence-electron chi connectivity index (χ3n) is 2.96. The zero-order valence-corrected chi connectivity index (χ0v) is 12.1. The lowest BCUT2D eigenvalue weighted by atomic mass is 10.2. The molecule has 112 valence electrons. The number of hydrogen-bond acceptors (Lipinski definition) is 3. The zero-order chi connectivity index (χ0) is 14.6. The second-order valence-electron chi connectivity index (χ2n) is 4.75. The Bertz CT molecular complexity index is 388. The molecule has 0 radical (unpaired) electrons. The number of hydrogen-bond donors (Lipinski definition) is 2. The predicted octanol–water partition coefficient (Wildman–Crippen LogP) is 2.49. The largest absolute Gasteiger partial charge is 0.459 e. The number of carbonyl (C=O) groups excluding carboxylic acids is 2. The van der Waals surface area contributed by atoms with E-state index in [4.69, 9.17) is 4.42 Å². The Balaban J connectivity index is 1.98. The molecule has 0 unspecified atom stereocenters. The summed E-state index contributed by atoms with van der Waals surface area (Å²) < 4.78 is 4.97. The molecule has 0 aliphatic rings. The van der Waals surface area contributed by atoms with Crippen LogP contribution in [0, 0.1) is 0 Å². The van der Waals surface area contributed by atoms with Gasteiger partial charge in [-0.3, -0.25) is 9.59 Å². The molecule has 0 aliphatic heterocycles. The lowest BCUT2D eigenvalue weighted by molar-refractivity contribution is -0.121. The van der Waals surface area contributed by atoms with E-state index in [1.54, 1.807) is 12.1 Å². The number of carbonyl (C=O) groups is 2. The van der Waals surface area contributed by atoms with Crippen molar-refractivity contribution in [3.05, 3.63) is 24.2 Å². The molecule has 0 saturated heterocycles. The Morgan fingerprint density at radius 3 is 2.60 bits per heavy atom. The van der Waals surface area contributed by atoms with Crippen LogP contribution in [0.15, 0.2) is 22.8 Å². The first-order valence-electron chi connectivity index (χ1n) is 7.32. The Morgan fingerprint density at radius 1 is 1.10 bits per heavy atom. The molecule has 0 aromatic carbocycles. The molecule has 0 aliphatic carbocycles. The summed E-state index contributed by atoms with van der Waals surface area (Å²) in [6, 6.07) is 3.28. The zero-order valence-electron chi connectivity index (χ0n) is 12.1. The molecule has 1 aromatic rings. The summed E-state index contributed by atoms with van der Waals surface area (Å²) in [5.74, 6) is 0.106. The fourth-order valence-corrected chi connectivity index (χ4v) is 1.81. The van der Waals surface area contributed by atoms with Crippen LogP contribution in [0.3, 0.4) is 0 Å². The normalized spacial score (nSPS) is 10.2. The SMILES string of the molecule is CCCCCCNC(=O)CCCNC(=O)c1ccco1. The van der Waals surface area contributed by atoms with Gasteiger partial charge < -0.3 is 15.1 Å². The molecule has 20 heavy (non-hydrogen) atoms. The van der Waals surface area contributed by atoms with Crippen molar-refractivity contribution in [2.75, 3.05) is 13.1 Å². The van der Waals surface area contributed by atoms with Crippen molar-refractivity contribution in [1.82, 2.24) is 10.6 Å². The third-order valence-corrected chi connectivity index (χ3v) is 2.96. The highest BCUT2D eigenvalue weighted by molar-refractivity contribution is 5.91. The van der Waals surface area contributed by atoms with Gasteiger partial charge in [0.2, 0.25) is 5.91 Å². The maximum Gasteiger partial charge on any atom is 0.286 e. The molecule has 1 rings (SSSR count). The first kappa shape index (κ1) is 16.3. The Morgan fingerprint density at radius 2 is 1.90 bits per heavy atom. The fourth-order valence-electron chi connectivity index (χ4n) is 1.81. The van der Waals surface area contributed by atoms with Crippen molar-refractivity contribution in [2.24, 2.45) is 0 Å². The van der Waals surface area contributed by atoms with Gasteiger partial charge >= 0.3 is 0 Å². The first-order chi connectivity index (χ1) is 9.74. The van der Waals surface area contributed by atoms with E-state index in [2.05, 4.69) is 17.6 Å². The number of nitrogens with one attached hydrogen (secondary N) is 2. The second-order valence-corrected chi connectivity index (χ2v) is 4.75. The smallest absolute Gasteiger partial charge is 0.286 e. The summed E-state index contributed by atoms with van der Waals surface area (Å²) in [5.41, 5.74) is 0. The molecular formula is C15H24N2O3. The van der Waals surface area contributed by atoms with Gasteiger partial charge in [-0.1, -0.05) is 26.2 Å². The average molecular weight is 280 g/mol. The maximum absolute atomic E-state index is 11.5. The van der Waals surface area contributed by atoms with Crippen molar-refractivity contribution < 1.29 is 14.0 Å². The van der Waals surface area contributed by atoms with Gasteiger partial charge in [0.15, 0.2) is 5.76 Å². The number of furan rings is 1. The van der Waals surface area contributed by atoms with E-state index in [0.717, 1.165) is 19.4 Å². The van der Waals surface area contributed by atoms with Crippen molar-refractivity contribution in [1.29, 1.82) is 0 Å². The van der Waals surface area contributed by atoms with Gasteiger partial charge in [0.1, 0.15) is 0 Å². The summed E-state index contributed by atoms with van der Waals surface area (Å²) in [6.07, 6.45) is 7.14. The van der Waals surface area contributed by atoms with Crippen molar-refractivity contribution in [2.45, 2.75) is 45.4 Å². The van der Waals surface area contributed by atoms with E-state index in [9.17, 15) is 9.59 Å². The van der Waals surface area contributed by atoms with E-state index < -0.39 is 0 Å². The molecule has 0 fully saturated rings. The van der Waals surface area contributed by atoms with Crippen LogP contribution in [0.2, 0.25) is 0 Å². The number of unbranched alkanes of at least 4 members (excludes halogenated alkanes) is 3. The van der Waals surface area contributed by atoms with Gasteiger partial charge in [0.25, 0.3) is 5.91 Å². The summed E-state index contributed by atoms with van der Waals surface area (Å²) in [4.78, 5) is 23.0. The summed E-state index contributed by atoms with van der Waals surface area (Å²) in [5, 5.41) is 5.60. The van der Waals surface area contributed by atoms with Crippen LogP contribution < -0.4 is 10.6 Å². The van der Waals surface area contributed by atoms with Gasteiger partial charge in [-0.2, -0.15) is 0 Å². The quantitative estimate of drug-likeness (QED) is 0.647. The molecule has 0 bridgehead atoms. The van der Waals surface area contributed by atoms with E-state index >= 15 is 0 Å². The van der Waals surface area contributed by atoms with E-state index in [1.165, 1.54) is 19.1 Å². The van der Waals surface area contributed by atoms with Crippen LogP contribution in [0.25, 0.3) is 0 Å². The summed E-state index contributed by atoms with van der Waals surface area (Å²) >= 11 is 0. The molecule has 2 amide bonds. The molecule has 0 spiro atoms. The molecule has 5 nitrogen and oxygen atoms in total. The summed E-state index contributed by atoms with van der Waals surface area (Å²) in [6.45, 7) is 3.38. The highest BCUT2D eigenvalue weighted by atomic mass is 16.3. The maximum atomic E-state index is 11.5. The van der Waals surface area contributed by atoms with Gasteiger partial charge in [-0.25, -0.2) is 0 Å². The number of rotatable bonds is 10. The van der Waals surface area contributed by atoms with Crippen LogP contribution in [0.4, 0.5) is 0 Å². The van der Waals surface area contributed by atoms with Gasteiger partial charge in [-0.15, -0.1) is 0 Å². The lowest BCUT2D eigenvalue weighted by Crippen LogP contribution is -2.27. The first-order valence-corrected chi connectivity index (χ1v) is 7.32. The van der Waals surface area contributed by atoms with Gasteiger partial charge in [-0.05, 0) is 25.0 Å². The highest BCUT2D eigenvalue weighted by Crippen LogP contribution is 1.99. The second kappa shape index (κ2) is 10.1. The minimum Gasteiger partial charge on any atom is -0.459 e. The molecule has 2 N–H and O–H groups in total. The van der Waals surface area contributed by atoms with E-state index in [1.807, 2.05) is 0 Å². The topological polar surface area (TPSA) is 71.3 Å². The highest BCUT2D eigenvalue weighted by Gasteiger charge is 2.07. The third kappa shape index (κ3) is 6.97. The van der Waals surface area contributed by atoms with Crippen LogP contribution >= 0.6 is 0 Å². The van der Waals surface area contributed by atoms with Crippen LogP contribution in [0.1, 0.15) is 56.0 Å². The molecule has 5 heteroatoms. The van der Waals surface area contributed by atoms with E-state index in [-0.39, 0.29) is 11.8 Å². The molecular weight excluding hydrogens is 256 g/mol. The summed E-state index contributed by atoms with van der Waals surface area (Å²) in [7, 11) is 0. The van der Waals surface area contributed by atoms with Crippen molar-refractivity contribution in [3.8, 4) is 0 Å². The van der Waals surface area contributed by atoms with Gasteiger partial charge in [0.05, 0.1) is 6.26 Å². The lowest BCUT2D eigenvalue weighted by Gasteiger charge is -2.05. The Hall–Kier alpha value is -1.78. The monoisotopic (exact) mass is 280 g/mol. The predicted molar refractivity (Wildman–Crippen MR) is 77.4 cm³/mol. The molecule has 0 saturated carbocycles. The van der Waals surface area contributed by atoms with Crippen molar-refractivity contribution in [3.63, 3.8) is 0 Å². The minimum atomic E-state index is -0.241. The average Bonchev–Trinajstić information content (AvgIpc) is 2.97. The van der Waals surface area contributed by atoms with Crippen molar-refractivity contribution >= 4 is 11.8 Å². The standard InChI is InChI=1S/C15H24N2O3/c1-2-3-4-5-10-16-14(18)9-6-11-17-15(19)13-8-7-12-20-13/h7-8,12H,2-6,9-11H2,1H3,(H,16,18)(H,17,19). The Labute approximate surface area is 120 Å². The van der Waals surface area contributed by atoms with Crippen LogP contribution in [0.5, 0.6) is 0 Å². The van der Waals surface area contributed by atoms with Crippen LogP contribution in [-0.2, 0) is 4.79 Å². The Kier molecular flexibility index (Phi) is 8.19. The molecule has 1 heterocycles. The van der Waals surface area contributed by atoms with Gasteiger partial charge in [0, 0.05) is 19.5 Å². The minimum absolute atomic E-state index is 0.0498. The molecule has 0 atom stereocenters.